The fourth-order valence-electron chi connectivity index (χ4n) is 2.05. The third-order valence-corrected chi connectivity index (χ3v) is 3.69. The maximum Gasteiger partial charge on any atom is 0.337 e. The maximum absolute atomic E-state index is 13.5. The van der Waals surface area contributed by atoms with Crippen LogP contribution < -0.4 is 10.6 Å². The van der Waals surface area contributed by atoms with Crippen molar-refractivity contribution in [3.8, 4) is 0 Å². The molecule has 0 aromatic heterocycles. The molecule has 0 saturated heterocycles. The van der Waals surface area contributed by atoms with E-state index in [0.717, 1.165) is 6.07 Å². The lowest BCUT2D eigenvalue weighted by molar-refractivity contribution is -0.116. The number of methoxy groups -OCH3 is 1. The van der Waals surface area contributed by atoms with Crippen molar-refractivity contribution in [1.29, 1.82) is 0 Å². The first kappa shape index (κ1) is 19.6. The molecule has 0 aliphatic carbocycles. The van der Waals surface area contributed by atoms with Gasteiger partial charge in [0.2, 0.25) is 5.91 Å². The quantitative estimate of drug-likeness (QED) is 0.582. The van der Waals surface area contributed by atoms with Gasteiger partial charge in [0.15, 0.2) is 17.5 Å². The average molecular weight is 387 g/mol. The smallest absolute Gasteiger partial charge is 0.337 e. The Hall–Kier alpha value is -2.74. The summed E-state index contributed by atoms with van der Waals surface area (Å²) in [6, 6.07) is 6.08. The van der Waals surface area contributed by atoms with Crippen LogP contribution in [-0.2, 0) is 9.53 Å². The normalized spacial score (nSPS) is 10.3. The summed E-state index contributed by atoms with van der Waals surface area (Å²) in [4.78, 5) is 23.3. The van der Waals surface area contributed by atoms with Crippen molar-refractivity contribution >= 4 is 34.9 Å². The number of ether oxygens (including phenoxy) is 1. The number of nitrogens with one attached hydrogen (secondary N) is 2. The molecule has 0 spiro atoms. The van der Waals surface area contributed by atoms with Crippen molar-refractivity contribution < 1.29 is 27.5 Å². The Morgan fingerprint density at radius 1 is 1.08 bits per heavy atom. The Kier molecular flexibility index (Phi) is 6.46. The monoisotopic (exact) mass is 386 g/mol. The van der Waals surface area contributed by atoms with E-state index in [2.05, 4.69) is 15.4 Å². The van der Waals surface area contributed by atoms with Crippen LogP contribution in [0.15, 0.2) is 30.3 Å². The van der Waals surface area contributed by atoms with Crippen molar-refractivity contribution in [3.63, 3.8) is 0 Å². The van der Waals surface area contributed by atoms with Gasteiger partial charge in [-0.25, -0.2) is 18.0 Å². The van der Waals surface area contributed by atoms with Crippen LogP contribution in [0.5, 0.6) is 0 Å². The van der Waals surface area contributed by atoms with E-state index in [0.29, 0.717) is 16.8 Å². The first-order valence-corrected chi connectivity index (χ1v) is 7.76. The lowest BCUT2D eigenvalue weighted by Gasteiger charge is -2.11. The number of esters is 1. The van der Waals surface area contributed by atoms with Gasteiger partial charge in [0.1, 0.15) is 0 Å². The summed E-state index contributed by atoms with van der Waals surface area (Å²) in [6.07, 6.45) is -0.114. The maximum atomic E-state index is 13.5. The Morgan fingerprint density at radius 3 is 2.50 bits per heavy atom. The van der Waals surface area contributed by atoms with Crippen LogP contribution in [0, 0.1) is 17.5 Å². The van der Waals surface area contributed by atoms with Crippen LogP contribution in [-0.4, -0.2) is 25.5 Å². The van der Waals surface area contributed by atoms with E-state index in [1.165, 1.54) is 25.3 Å². The summed E-state index contributed by atoms with van der Waals surface area (Å²) in [6.45, 7) is 0.0987. The molecular weight excluding hydrogens is 373 g/mol. The van der Waals surface area contributed by atoms with Gasteiger partial charge in [0.25, 0.3) is 0 Å². The van der Waals surface area contributed by atoms with Gasteiger partial charge in [-0.05, 0) is 30.3 Å². The summed E-state index contributed by atoms with van der Waals surface area (Å²) in [5.74, 6) is -5.64. The molecule has 0 aliphatic heterocycles. The van der Waals surface area contributed by atoms with Crippen LogP contribution in [0.2, 0.25) is 5.02 Å². The van der Waals surface area contributed by atoms with E-state index in [1.807, 2.05) is 0 Å². The number of carbonyl (C=O) groups is 2. The lowest BCUT2D eigenvalue weighted by atomic mass is 10.2. The molecule has 0 saturated carbocycles. The van der Waals surface area contributed by atoms with Gasteiger partial charge in [0.05, 0.1) is 29.1 Å². The molecule has 2 aromatic carbocycles. The molecule has 5 nitrogen and oxygen atoms in total. The van der Waals surface area contributed by atoms with Crippen molar-refractivity contribution in [2.75, 3.05) is 24.3 Å². The summed E-state index contributed by atoms with van der Waals surface area (Å²) in [5.41, 5.74) is 0.216. The minimum Gasteiger partial charge on any atom is -0.465 e. The fraction of sp³-hybridized carbons (Fsp3) is 0.176. The molecule has 0 radical (unpaired) electrons. The highest BCUT2D eigenvalue weighted by Gasteiger charge is 2.15. The third-order valence-electron chi connectivity index (χ3n) is 3.36. The van der Waals surface area contributed by atoms with E-state index in [9.17, 15) is 22.8 Å². The van der Waals surface area contributed by atoms with E-state index in [4.69, 9.17) is 11.6 Å². The lowest BCUT2D eigenvalue weighted by Crippen LogP contribution is -2.17. The standard InChI is InChI=1S/C17H14ClF3N2O3/c1-26-17(25)9-2-3-10(18)13(8-9)22-7-6-14(24)23-12-5-4-11(19)15(20)16(12)21/h2-5,8,22H,6-7H2,1H3,(H,23,24). The number of amides is 1. The number of anilines is 2. The van der Waals surface area contributed by atoms with Crippen LogP contribution in [0.1, 0.15) is 16.8 Å². The largest absolute Gasteiger partial charge is 0.465 e. The molecule has 9 heteroatoms. The van der Waals surface area contributed by atoms with E-state index in [-0.39, 0.29) is 18.5 Å². The molecule has 138 valence electrons. The van der Waals surface area contributed by atoms with Gasteiger partial charge in [0, 0.05) is 13.0 Å². The Balaban J connectivity index is 1.95. The van der Waals surface area contributed by atoms with Crippen LogP contribution in [0.3, 0.4) is 0 Å². The first-order valence-electron chi connectivity index (χ1n) is 7.38. The highest BCUT2D eigenvalue weighted by molar-refractivity contribution is 6.33. The van der Waals surface area contributed by atoms with E-state index < -0.39 is 35.0 Å². The number of benzene rings is 2. The van der Waals surface area contributed by atoms with Crippen LogP contribution in [0.25, 0.3) is 0 Å². The molecular formula is C17H14ClF3N2O3. The van der Waals surface area contributed by atoms with Crippen molar-refractivity contribution in [3.05, 3.63) is 58.4 Å². The molecule has 0 atom stereocenters. The van der Waals surface area contributed by atoms with Gasteiger partial charge < -0.3 is 15.4 Å². The second-order valence-corrected chi connectivity index (χ2v) is 5.54. The molecule has 2 rings (SSSR count). The summed E-state index contributed by atoms with van der Waals surface area (Å²) < 4.78 is 44.1. The van der Waals surface area contributed by atoms with Gasteiger partial charge in [-0.2, -0.15) is 0 Å². The van der Waals surface area contributed by atoms with Crippen molar-refractivity contribution in [2.24, 2.45) is 0 Å². The molecule has 0 bridgehead atoms. The van der Waals surface area contributed by atoms with Crippen molar-refractivity contribution in [1.82, 2.24) is 0 Å². The molecule has 2 N–H and O–H groups in total. The van der Waals surface area contributed by atoms with Crippen molar-refractivity contribution in [2.45, 2.75) is 6.42 Å². The second kappa shape index (κ2) is 8.57. The molecule has 0 unspecified atom stereocenters. The summed E-state index contributed by atoms with van der Waals surface area (Å²) in [7, 11) is 1.24. The number of halogens is 4. The van der Waals surface area contributed by atoms with Gasteiger partial charge in [-0.3, -0.25) is 4.79 Å². The Morgan fingerprint density at radius 2 is 1.81 bits per heavy atom. The molecule has 2 aromatic rings. The zero-order chi connectivity index (χ0) is 19.3. The van der Waals surface area contributed by atoms with Gasteiger partial charge in [-0.1, -0.05) is 11.6 Å². The second-order valence-electron chi connectivity index (χ2n) is 5.13. The zero-order valence-electron chi connectivity index (χ0n) is 13.5. The van der Waals surface area contributed by atoms with Gasteiger partial charge >= 0.3 is 5.97 Å². The molecule has 0 aliphatic rings. The van der Waals surface area contributed by atoms with Gasteiger partial charge in [-0.15, -0.1) is 0 Å². The molecule has 0 heterocycles. The topological polar surface area (TPSA) is 67.4 Å². The summed E-state index contributed by atoms with van der Waals surface area (Å²) in [5, 5.41) is 5.33. The third kappa shape index (κ3) is 4.66. The number of hydrogen-bond donors (Lipinski definition) is 2. The SMILES string of the molecule is COC(=O)c1ccc(Cl)c(NCCC(=O)Nc2ccc(F)c(F)c2F)c1. The molecule has 1 amide bonds. The number of carbonyl (C=O) groups excluding carboxylic acids is 2. The van der Waals surface area contributed by atoms with E-state index >= 15 is 0 Å². The average Bonchev–Trinajstić information content (AvgIpc) is 2.63. The predicted octanol–water partition coefficient (Wildman–Crippen LogP) is 3.98. The van der Waals surface area contributed by atoms with Crippen LogP contribution >= 0.6 is 11.6 Å². The van der Waals surface area contributed by atoms with E-state index in [1.54, 1.807) is 0 Å². The Bertz CT molecular complexity index is 846. The minimum atomic E-state index is -1.66. The zero-order valence-corrected chi connectivity index (χ0v) is 14.3. The number of hydrogen-bond acceptors (Lipinski definition) is 4. The molecule has 26 heavy (non-hydrogen) atoms. The van der Waals surface area contributed by atoms with Crippen LogP contribution in [0.4, 0.5) is 24.5 Å². The minimum absolute atomic E-state index is 0.0987. The highest BCUT2D eigenvalue weighted by Crippen LogP contribution is 2.24. The summed E-state index contributed by atoms with van der Waals surface area (Å²) >= 11 is 6.00. The first-order chi connectivity index (χ1) is 12.3. The highest BCUT2D eigenvalue weighted by atomic mass is 35.5. The fourth-order valence-corrected chi connectivity index (χ4v) is 2.24. The predicted molar refractivity (Wildman–Crippen MR) is 90.8 cm³/mol. The number of rotatable bonds is 6. The molecule has 0 fully saturated rings. The Labute approximate surface area is 152 Å².